The van der Waals surface area contributed by atoms with Crippen LogP contribution in [-0.4, -0.2) is 51.4 Å². The highest BCUT2D eigenvalue weighted by Crippen LogP contribution is 2.32. The van der Waals surface area contributed by atoms with Crippen LogP contribution >= 0.6 is 0 Å². The molecule has 0 aliphatic carbocycles. The summed E-state index contributed by atoms with van der Waals surface area (Å²) in [5, 5.41) is 2.93. The van der Waals surface area contributed by atoms with E-state index in [4.69, 9.17) is 4.74 Å². The topological polar surface area (TPSA) is 96.0 Å². The highest BCUT2D eigenvalue weighted by atomic mass is 32.2. The second-order valence-corrected chi connectivity index (χ2v) is 10.9. The minimum atomic E-state index is -4.15. The van der Waals surface area contributed by atoms with E-state index >= 15 is 0 Å². The van der Waals surface area contributed by atoms with Crippen molar-refractivity contribution >= 4 is 27.5 Å². The summed E-state index contributed by atoms with van der Waals surface area (Å²) < 4.78 is 34.3. The van der Waals surface area contributed by atoms with Crippen LogP contribution in [0.25, 0.3) is 0 Å². The second-order valence-electron chi connectivity index (χ2n) is 9.07. The third kappa shape index (κ3) is 7.60. The fraction of sp³-hybridized carbons (Fsp3) is 0.333. The molecule has 0 spiro atoms. The lowest BCUT2D eigenvalue weighted by Gasteiger charge is -2.33. The maximum absolute atomic E-state index is 14.0. The second kappa shape index (κ2) is 14.3. The van der Waals surface area contributed by atoms with Crippen molar-refractivity contribution in [2.45, 2.75) is 50.6 Å². The Balaban J connectivity index is 2.04. The van der Waals surface area contributed by atoms with Gasteiger partial charge >= 0.3 is 0 Å². The fourth-order valence-electron chi connectivity index (χ4n) is 4.27. The van der Waals surface area contributed by atoms with Crippen LogP contribution in [-0.2, 0) is 26.2 Å². The first-order chi connectivity index (χ1) is 18.8. The molecule has 0 bridgehead atoms. The maximum atomic E-state index is 14.0. The van der Waals surface area contributed by atoms with Gasteiger partial charge in [-0.3, -0.25) is 13.9 Å². The fourth-order valence-corrected chi connectivity index (χ4v) is 5.72. The Hall–Kier alpha value is -3.85. The molecule has 8 nitrogen and oxygen atoms in total. The molecule has 3 rings (SSSR count). The number of amides is 2. The molecule has 208 valence electrons. The quantitative estimate of drug-likeness (QED) is 0.295. The molecular formula is C30H37N3O5S. The van der Waals surface area contributed by atoms with Gasteiger partial charge in [0.05, 0.1) is 17.7 Å². The van der Waals surface area contributed by atoms with E-state index in [0.717, 1.165) is 22.7 Å². The Labute approximate surface area is 231 Å². The summed E-state index contributed by atoms with van der Waals surface area (Å²) in [6, 6.07) is 23.2. The van der Waals surface area contributed by atoms with E-state index in [2.05, 4.69) is 5.32 Å². The van der Waals surface area contributed by atoms with E-state index in [9.17, 15) is 18.0 Å². The Kier molecular flexibility index (Phi) is 10.9. The standard InChI is InChI=1S/C30H37N3O5S/c1-4-6-21-31-30(35)26(5-2)32(22-24-15-9-7-10-16-24)29(34)23-33(27-19-13-14-20-28(27)38-3)39(36,37)25-17-11-8-12-18-25/h7-20,26H,4-6,21-23H2,1-3H3,(H,31,35)/t26-/m0/s1. The number of anilines is 1. The predicted octanol–water partition coefficient (Wildman–Crippen LogP) is 4.61. The monoisotopic (exact) mass is 551 g/mol. The molecular weight excluding hydrogens is 514 g/mol. The van der Waals surface area contributed by atoms with Crippen LogP contribution in [0.1, 0.15) is 38.7 Å². The SMILES string of the molecule is CCCCNC(=O)[C@H](CC)N(Cc1ccccc1)C(=O)CN(c1ccccc1OC)S(=O)(=O)c1ccccc1. The number of ether oxygens (including phenoxy) is 1. The van der Waals surface area contributed by atoms with E-state index in [0.29, 0.717) is 18.7 Å². The van der Waals surface area contributed by atoms with Crippen LogP contribution < -0.4 is 14.4 Å². The van der Waals surface area contributed by atoms with E-state index in [1.54, 1.807) is 42.5 Å². The molecule has 9 heteroatoms. The first-order valence-electron chi connectivity index (χ1n) is 13.1. The lowest BCUT2D eigenvalue weighted by atomic mass is 10.1. The van der Waals surface area contributed by atoms with Crippen LogP contribution in [0.2, 0.25) is 0 Å². The maximum Gasteiger partial charge on any atom is 0.264 e. The molecule has 0 fully saturated rings. The van der Waals surface area contributed by atoms with Crippen molar-refractivity contribution in [2.75, 3.05) is 24.5 Å². The summed E-state index contributed by atoms with van der Waals surface area (Å²) in [4.78, 5) is 28.8. The van der Waals surface area contributed by atoms with Crippen LogP contribution in [0.4, 0.5) is 5.69 Å². The van der Waals surface area contributed by atoms with Crippen LogP contribution in [0.3, 0.4) is 0 Å². The molecule has 0 aromatic heterocycles. The van der Waals surface area contributed by atoms with Crippen molar-refractivity contribution in [1.29, 1.82) is 0 Å². The Morgan fingerprint density at radius 1 is 0.897 bits per heavy atom. The van der Waals surface area contributed by atoms with E-state index in [1.807, 2.05) is 44.2 Å². The average Bonchev–Trinajstić information content (AvgIpc) is 2.96. The van der Waals surface area contributed by atoms with E-state index in [-0.39, 0.29) is 23.0 Å². The zero-order valence-corrected chi connectivity index (χ0v) is 23.6. The number of nitrogens with one attached hydrogen (secondary N) is 1. The largest absolute Gasteiger partial charge is 0.495 e. The van der Waals surface area contributed by atoms with Gasteiger partial charge < -0.3 is 15.0 Å². The molecule has 39 heavy (non-hydrogen) atoms. The number of benzene rings is 3. The van der Waals surface area contributed by atoms with Crippen molar-refractivity contribution in [3.63, 3.8) is 0 Å². The number of nitrogens with zero attached hydrogens (tertiary/aromatic N) is 2. The molecule has 1 N–H and O–H groups in total. The number of carbonyl (C=O) groups excluding carboxylic acids is 2. The van der Waals surface area contributed by atoms with Gasteiger partial charge in [0.1, 0.15) is 18.3 Å². The first-order valence-corrected chi connectivity index (χ1v) is 14.6. The smallest absolute Gasteiger partial charge is 0.264 e. The lowest BCUT2D eigenvalue weighted by Crippen LogP contribution is -2.52. The number of hydrogen-bond donors (Lipinski definition) is 1. The molecule has 0 aliphatic rings. The van der Waals surface area contributed by atoms with Gasteiger partial charge in [0.2, 0.25) is 11.8 Å². The normalized spacial score (nSPS) is 11.9. The molecule has 3 aromatic rings. The number of unbranched alkanes of at least 4 members (excludes halogenated alkanes) is 1. The van der Waals surface area contributed by atoms with Crippen LogP contribution in [0.5, 0.6) is 5.75 Å². The molecule has 1 atom stereocenters. The first kappa shape index (κ1) is 29.7. The van der Waals surface area contributed by atoms with Gasteiger partial charge in [-0.05, 0) is 42.7 Å². The summed E-state index contributed by atoms with van der Waals surface area (Å²) in [7, 11) is -2.71. The lowest BCUT2D eigenvalue weighted by molar-refractivity contribution is -0.140. The number of carbonyl (C=O) groups is 2. The third-order valence-corrected chi connectivity index (χ3v) is 8.15. The van der Waals surface area contributed by atoms with Gasteiger partial charge in [0.25, 0.3) is 10.0 Å². The van der Waals surface area contributed by atoms with Gasteiger partial charge in [-0.15, -0.1) is 0 Å². The van der Waals surface area contributed by atoms with Gasteiger partial charge in [0, 0.05) is 13.1 Å². The van der Waals surface area contributed by atoms with Crippen molar-refractivity contribution in [3.8, 4) is 5.75 Å². The highest BCUT2D eigenvalue weighted by Gasteiger charge is 2.34. The molecule has 0 saturated heterocycles. The van der Waals surface area contributed by atoms with Gasteiger partial charge in [-0.1, -0.05) is 80.9 Å². The molecule has 0 aliphatic heterocycles. The number of methoxy groups -OCH3 is 1. The van der Waals surface area contributed by atoms with Crippen LogP contribution in [0.15, 0.2) is 89.8 Å². The zero-order chi connectivity index (χ0) is 28.3. The number of sulfonamides is 1. The Bertz CT molecular complexity index is 1320. The van der Waals surface area contributed by atoms with Crippen molar-refractivity contribution in [3.05, 3.63) is 90.5 Å². The van der Waals surface area contributed by atoms with E-state index < -0.39 is 28.5 Å². The van der Waals surface area contributed by atoms with Crippen LogP contribution in [0, 0.1) is 0 Å². The highest BCUT2D eigenvalue weighted by molar-refractivity contribution is 7.92. The average molecular weight is 552 g/mol. The molecule has 0 saturated carbocycles. The molecule has 0 heterocycles. The zero-order valence-electron chi connectivity index (χ0n) is 22.7. The minimum Gasteiger partial charge on any atom is -0.495 e. The van der Waals surface area contributed by atoms with Gasteiger partial charge in [-0.2, -0.15) is 0 Å². The molecule has 0 radical (unpaired) electrons. The Morgan fingerprint density at radius 2 is 1.51 bits per heavy atom. The summed E-state index contributed by atoms with van der Waals surface area (Å²) in [5.41, 5.74) is 1.07. The minimum absolute atomic E-state index is 0.0441. The number of para-hydroxylation sites is 2. The summed E-state index contributed by atoms with van der Waals surface area (Å²) in [6.45, 7) is 4.03. The van der Waals surface area contributed by atoms with Crippen molar-refractivity contribution in [2.24, 2.45) is 0 Å². The van der Waals surface area contributed by atoms with Gasteiger partial charge in [-0.25, -0.2) is 8.42 Å². The molecule has 3 aromatic carbocycles. The number of hydrogen-bond acceptors (Lipinski definition) is 5. The predicted molar refractivity (Wildman–Crippen MR) is 153 cm³/mol. The molecule has 0 unspecified atom stereocenters. The molecule has 2 amide bonds. The van der Waals surface area contributed by atoms with Crippen molar-refractivity contribution < 1.29 is 22.7 Å². The van der Waals surface area contributed by atoms with E-state index in [1.165, 1.54) is 24.1 Å². The Morgan fingerprint density at radius 3 is 2.13 bits per heavy atom. The third-order valence-electron chi connectivity index (χ3n) is 6.38. The summed E-state index contributed by atoms with van der Waals surface area (Å²) >= 11 is 0. The summed E-state index contributed by atoms with van der Waals surface area (Å²) in [6.07, 6.45) is 2.12. The number of rotatable bonds is 14. The summed E-state index contributed by atoms with van der Waals surface area (Å²) in [5.74, 6) is -0.449. The van der Waals surface area contributed by atoms with Crippen molar-refractivity contribution in [1.82, 2.24) is 10.2 Å². The van der Waals surface area contributed by atoms with Gasteiger partial charge in [0.15, 0.2) is 0 Å².